The molecule has 164 valence electrons. The number of nitrogens with one attached hydrogen (secondary N) is 1. The van der Waals surface area contributed by atoms with E-state index in [1.807, 2.05) is 0 Å². The van der Waals surface area contributed by atoms with E-state index in [4.69, 9.17) is 16.3 Å². The van der Waals surface area contributed by atoms with Gasteiger partial charge in [0, 0.05) is 57.4 Å². The summed E-state index contributed by atoms with van der Waals surface area (Å²) in [6.45, 7) is 0.0337. The van der Waals surface area contributed by atoms with Crippen LogP contribution in [0.25, 0.3) is 0 Å². The SMILES string of the molecule is O=C1CCCC2=C1C(c1cc(Cl)ccc1OCc1ccccc1F)C1=C(CCCC1=O)N2. The first-order chi connectivity index (χ1) is 15.5. The number of dihydropyridines is 1. The molecule has 1 aliphatic heterocycles. The van der Waals surface area contributed by atoms with Crippen molar-refractivity contribution in [2.45, 2.75) is 51.0 Å². The van der Waals surface area contributed by atoms with E-state index in [0.717, 1.165) is 37.1 Å². The van der Waals surface area contributed by atoms with Gasteiger partial charge in [0.15, 0.2) is 11.6 Å². The fourth-order valence-corrected chi connectivity index (χ4v) is 5.12. The number of halogens is 2. The van der Waals surface area contributed by atoms with Crippen molar-refractivity contribution in [2.75, 3.05) is 0 Å². The topological polar surface area (TPSA) is 55.4 Å². The van der Waals surface area contributed by atoms with E-state index >= 15 is 0 Å². The fourth-order valence-electron chi connectivity index (χ4n) is 4.94. The molecule has 0 unspecified atom stereocenters. The molecule has 4 nitrogen and oxygen atoms in total. The molecule has 2 aliphatic carbocycles. The number of carbonyl (C=O) groups is 2. The zero-order valence-electron chi connectivity index (χ0n) is 17.5. The number of hydrogen-bond acceptors (Lipinski definition) is 4. The van der Waals surface area contributed by atoms with Crippen molar-refractivity contribution in [1.82, 2.24) is 5.32 Å². The van der Waals surface area contributed by atoms with Crippen molar-refractivity contribution >= 4 is 23.2 Å². The molecule has 3 aliphatic rings. The Morgan fingerprint density at radius 2 is 1.59 bits per heavy atom. The van der Waals surface area contributed by atoms with Gasteiger partial charge in [-0.1, -0.05) is 29.8 Å². The average Bonchev–Trinajstić information content (AvgIpc) is 2.78. The van der Waals surface area contributed by atoms with Crippen molar-refractivity contribution < 1.29 is 18.7 Å². The monoisotopic (exact) mass is 451 g/mol. The Morgan fingerprint density at radius 3 is 2.25 bits per heavy atom. The van der Waals surface area contributed by atoms with Gasteiger partial charge in [-0.3, -0.25) is 9.59 Å². The van der Waals surface area contributed by atoms with E-state index < -0.39 is 5.92 Å². The molecule has 0 atom stereocenters. The summed E-state index contributed by atoms with van der Waals surface area (Å²) in [5.41, 5.74) is 4.20. The molecule has 0 saturated carbocycles. The molecular weight excluding hydrogens is 429 g/mol. The predicted molar refractivity (Wildman–Crippen MR) is 120 cm³/mol. The van der Waals surface area contributed by atoms with Gasteiger partial charge in [-0.25, -0.2) is 4.39 Å². The Morgan fingerprint density at radius 1 is 0.938 bits per heavy atom. The standard InChI is InChI=1S/C26H23ClFNO3/c27-16-11-12-23(32-14-15-5-1-2-6-18(15)28)17(13-16)24-25-19(7-3-9-21(25)30)29-20-8-4-10-22(31)26(20)24/h1-2,5-6,11-13,24,29H,3-4,7-10,14H2. The second-order valence-electron chi connectivity index (χ2n) is 8.46. The van der Waals surface area contributed by atoms with Gasteiger partial charge in [0.2, 0.25) is 0 Å². The van der Waals surface area contributed by atoms with Gasteiger partial charge in [-0.05, 0) is 49.9 Å². The highest BCUT2D eigenvalue weighted by Gasteiger charge is 2.41. The molecule has 6 heteroatoms. The number of ketones is 2. The minimum Gasteiger partial charge on any atom is -0.488 e. The first-order valence-electron chi connectivity index (χ1n) is 11.0. The summed E-state index contributed by atoms with van der Waals surface area (Å²) < 4.78 is 20.2. The number of allylic oxidation sites excluding steroid dienone is 4. The molecule has 0 aromatic heterocycles. The molecule has 0 fully saturated rings. The van der Waals surface area contributed by atoms with Crippen LogP contribution in [0.3, 0.4) is 0 Å². The van der Waals surface area contributed by atoms with Crippen LogP contribution >= 0.6 is 11.6 Å². The van der Waals surface area contributed by atoms with Crippen LogP contribution in [0.5, 0.6) is 5.75 Å². The van der Waals surface area contributed by atoms with Crippen LogP contribution in [0.1, 0.15) is 55.6 Å². The first-order valence-corrected chi connectivity index (χ1v) is 11.4. The largest absolute Gasteiger partial charge is 0.488 e. The molecular formula is C26H23ClFNO3. The Kier molecular flexibility index (Phi) is 5.60. The van der Waals surface area contributed by atoms with Gasteiger partial charge >= 0.3 is 0 Å². The molecule has 0 amide bonds. The number of benzene rings is 2. The van der Waals surface area contributed by atoms with E-state index in [2.05, 4.69) is 5.32 Å². The first kappa shape index (κ1) is 21.0. The number of rotatable bonds is 4. The highest BCUT2D eigenvalue weighted by molar-refractivity contribution is 6.30. The number of hydrogen-bond donors (Lipinski definition) is 1. The summed E-state index contributed by atoms with van der Waals surface area (Å²) in [4.78, 5) is 26.1. The zero-order chi connectivity index (χ0) is 22.2. The average molecular weight is 452 g/mol. The van der Waals surface area contributed by atoms with Crippen LogP contribution in [-0.2, 0) is 16.2 Å². The summed E-state index contributed by atoms with van der Waals surface area (Å²) in [5, 5.41) is 3.90. The molecule has 2 aromatic carbocycles. The molecule has 0 radical (unpaired) electrons. The van der Waals surface area contributed by atoms with E-state index in [1.54, 1.807) is 36.4 Å². The maximum Gasteiger partial charge on any atom is 0.161 e. The van der Waals surface area contributed by atoms with Crippen LogP contribution < -0.4 is 10.1 Å². The van der Waals surface area contributed by atoms with Crippen molar-refractivity contribution in [3.05, 3.63) is 87.0 Å². The Bertz CT molecular complexity index is 1140. The third-order valence-electron chi connectivity index (χ3n) is 6.42. The lowest BCUT2D eigenvalue weighted by Crippen LogP contribution is -2.36. The highest BCUT2D eigenvalue weighted by Crippen LogP contribution is 2.48. The minimum atomic E-state index is -0.517. The summed E-state index contributed by atoms with van der Waals surface area (Å²) in [5.74, 6) is -0.261. The Hall–Kier alpha value is -2.92. The third-order valence-corrected chi connectivity index (χ3v) is 6.65. The fraction of sp³-hybridized carbons (Fsp3) is 0.308. The van der Waals surface area contributed by atoms with Crippen molar-refractivity contribution in [1.29, 1.82) is 0 Å². The van der Waals surface area contributed by atoms with Crippen LogP contribution in [0.4, 0.5) is 4.39 Å². The second kappa shape index (κ2) is 8.55. The van der Waals surface area contributed by atoms with Crippen molar-refractivity contribution in [2.24, 2.45) is 0 Å². The maximum atomic E-state index is 14.1. The lowest BCUT2D eigenvalue weighted by Gasteiger charge is -2.37. The van der Waals surface area contributed by atoms with Crippen molar-refractivity contribution in [3.63, 3.8) is 0 Å². The normalized spacial score (nSPS) is 18.9. The molecule has 0 bridgehead atoms. The van der Waals surface area contributed by atoms with E-state index in [9.17, 15) is 14.0 Å². The smallest absolute Gasteiger partial charge is 0.161 e. The zero-order valence-corrected chi connectivity index (χ0v) is 18.3. The molecule has 1 heterocycles. The summed E-state index contributed by atoms with van der Waals surface area (Å²) in [6, 6.07) is 11.7. The number of carbonyl (C=O) groups excluding carboxylic acids is 2. The second-order valence-corrected chi connectivity index (χ2v) is 8.89. The number of Topliss-reactive ketones (excluding diaryl/α,β-unsaturated/α-hetero) is 2. The van der Waals surface area contributed by atoms with Gasteiger partial charge in [-0.15, -0.1) is 0 Å². The molecule has 0 saturated heterocycles. The summed E-state index contributed by atoms with van der Waals surface area (Å²) in [6.07, 6.45) is 4.04. The summed E-state index contributed by atoms with van der Waals surface area (Å²) >= 11 is 6.37. The van der Waals surface area contributed by atoms with Gasteiger partial charge in [-0.2, -0.15) is 0 Å². The number of ether oxygens (including phenoxy) is 1. The van der Waals surface area contributed by atoms with Crippen LogP contribution in [0.15, 0.2) is 65.0 Å². The molecule has 2 aromatic rings. The van der Waals surface area contributed by atoms with E-state index in [0.29, 0.717) is 45.9 Å². The lowest BCUT2D eigenvalue weighted by atomic mass is 9.71. The van der Waals surface area contributed by atoms with Crippen LogP contribution in [0, 0.1) is 5.82 Å². The lowest BCUT2D eigenvalue weighted by molar-refractivity contribution is -0.116. The van der Waals surface area contributed by atoms with Crippen LogP contribution in [-0.4, -0.2) is 11.6 Å². The molecule has 5 rings (SSSR count). The molecule has 0 spiro atoms. The Balaban J connectivity index is 1.61. The summed E-state index contributed by atoms with van der Waals surface area (Å²) in [7, 11) is 0. The highest BCUT2D eigenvalue weighted by atomic mass is 35.5. The van der Waals surface area contributed by atoms with Gasteiger partial charge in [0.05, 0.1) is 0 Å². The van der Waals surface area contributed by atoms with Gasteiger partial charge in [0.25, 0.3) is 0 Å². The molecule has 1 N–H and O–H groups in total. The van der Waals surface area contributed by atoms with Gasteiger partial charge < -0.3 is 10.1 Å². The predicted octanol–water partition coefficient (Wildman–Crippen LogP) is 5.76. The third kappa shape index (κ3) is 3.75. The van der Waals surface area contributed by atoms with E-state index in [1.165, 1.54) is 6.07 Å². The Labute approximate surface area is 191 Å². The quantitative estimate of drug-likeness (QED) is 0.642. The van der Waals surface area contributed by atoms with Gasteiger partial charge in [0.1, 0.15) is 18.2 Å². The minimum absolute atomic E-state index is 0.0337. The van der Waals surface area contributed by atoms with Crippen molar-refractivity contribution in [3.8, 4) is 5.75 Å². The molecule has 32 heavy (non-hydrogen) atoms. The van der Waals surface area contributed by atoms with Crippen LogP contribution in [0.2, 0.25) is 5.02 Å². The van der Waals surface area contributed by atoms with E-state index in [-0.39, 0.29) is 24.0 Å². The maximum absolute atomic E-state index is 14.1.